The van der Waals surface area contributed by atoms with Crippen molar-refractivity contribution in [3.8, 4) is 0 Å². The maximum absolute atomic E-state index is 13.0. The molecule has 0 radical (unpaired) electrons. The second-order valence-electron chi connectivity index (χ2n) is 3.89. The van der Waals surface area contributed by atoms with Crippen molar-refractivity contribution in [2.45, 2.75) is 19.9 Å². The van der Waals surface area contributed by atoms with E-state index in [0.29, 0.717) is 12.5 Å². The topological polar surface area (TPSA) is 53.5 Å². The van der Waals surface area contributed by atoms with Gasteiger partial charge in [-0.05, 0) is 37.1 Å². The number of nitrogens with one attached hydrogen (secondary N) is 2. The van der Waals surface area contributed by atoms with E-state index in [9.17, 15) is 9.18 Å². The summed E-state index contributed by atoms with van der Waals surface area (Å²) in [5.41, 5.74) is 1.51. The number of hydrogen-bond donors (Lipinski definition) is 2. The van der Waals surface area contributed by atoms with Gasteiger partial charge < -0.3 is 5.32 Å². The molecule has 1 amide bonds. The molecule has 0 saturated carbocycles. The average Bonchev–Trinajstić information content (AvgIpc) is 2.60. The normalized spacial score (nSPS) is 21.5. The predicted octanol–water partition coefficient (Wildman–Crippen LogP) is 1.27. The monoisotopic (exact) mass is 235 g/mol. The first-order valence-corrected chi connectivity index (χ1v) is 5.49. The van der Waals surface area contributed by atoms with Gasteiger partial charge in [0.15, 0.2) is 5.96 Å². The number of aryl methyl sites for hydroxylation is 1. The van der Waals surface area contributed by atoms with Gasteiger partial charge in [0.1, 0.15) is 11.9 Å². The molecule has 5 heteroatoms. The predicted molar refractivity (Wildman–Crippen MR) is 63.1 cm³/mol. The number of rotatable bonds is 2. The molecule has 1 aromatic rings. The number of aliphatic imine (C=N–C) groups is 1. The number of amides is 1. The summed E-state index contributed by atoms with van der Waals surface area (Å²) in [5, 5.41) is 5.64. The van der Waals surface area contributed by atoms with E-state index in [2.05, 4.69) is 15.6 Å². The maximum atomic E-state index is 13.0. The largest absolute Gasteiger partial charge is 0.340 e. The van der Waals surface area contributed by atoms with Crippen LogP contribution in [0.25, 0.3) is 0 Å². The van der Waals surface area contributed by atoms with Gasteiger partial charge in [0, 0.05) is 6.54 Å². The van der Waals surface area contributed by atoms with Crippen LogP contribution in [0.1, 0.15) is 24.1 Å². The lowest BCUT2D eigenvalue weighted by Crippen LogP contribution is -2.25. The summed E-state index contributed by atoms with van der Waals surface area (Å²) in [7, 11) is 0. The quantitative estimate of drug-likeness (QED) is 0.811. The third-order valence-corrected chi connectivity index (χ3v) is 2.64. The first kappa shape index (κ1) is 11.6. The SMILES string of the molecule is CCN=C1NC(=O)C(c2ccc(F)cc2C)N1. The number of hydrogen-bond acceptors (Lipinski definition) is 2. The van der Waals surface area contributed by atoms with Gasteiger partial charge in [-0.2, -0.15) is 0 Å². The highest BCUT2D eigenvalue weighted by molar-refractivity contribution is 6.06. The Morgan fingerprint density at radius 1 is 1.47 bits per heavy atom. The van der Waals surface area contributed by atoms with Crippen LogP contribution in [0.15, 0.2) is 23.2 Å². The van der Waals surface area contributed by atoms with E-state index in [0.717, 1.165) is 11.1 Å². The van der Waals surface area contributed by atoms with Gasteiger partial charge in [-0.25, -0.2) is 4.39 Å². The molecule has 2 rings (SSSR count). The van der Waals surface area contributed by atoms with Gasteiger partial charge >= 0.3 is 0 Å². The lowest BCUT2D eigenvalue weighted by Gasteiger charge is -2.11. The smallest absolute Gasteiger partial charge is 0.253 e. The van der Waals surface area contributed by atoms with Crippen molar-refractivity contribution in [3.05, 3.63) is 35.1 Å². The fourth-order valence-electron chi connectivity index (χ4n) is 1.85. The van der Waals surface area contributed by atoms with Crippen molar-refractivity contribution in [1.82, 2.24) is 10.6 Å². The Bertz CT molecular complexity index is 485. The minimum Gasteiger partial charge on any atom is -0.340 e. The summed E-state index contributed by atoms with van der Waals surface area (Å²) in [5.74, 6) is 0.0187. The van der Waals surface area contributed by atoms with Gasteiger partial charge in [0.2, 0.25) is 0 Å². The lowest BCUT2D eigenvalue weighted by molar-refractivity contribution is -0.120. The molecule has 1 unspecified atom stereocenters. The Morgan fingerprint density at radius 2 is 2.24 bits per heavy atom. The van der Waals surface area contributed by atoms with Crippen molar-refractivity contribution < 1.29 is 9.18 Å². The standard InChI is InChI=1S/C12H14FN3O/c1-3-14-12-15-10(11(17)16-12)9-5-4-8(13)6-7(9)2/h4-6,10H,3H2,1-2H3,(H2,14,15,16,17). The average molecular weight is 235 g/mol. The van der Waals surface area contributed by atoms with Gasteiger partial charge in [0.05, 0.1) is 0 Å². The van der Waals surface area contributed by atoms with Crippen molar-refractivity contribution >= 4 is 11.9 Å². The van der Waals surface area contributed by atoms with Crippen molar-refractivity contribution in [2.75, 3.05) is 6.54 Å². The maximum Gasteiger partial charge on any atom is 0.253 e. The van der Waals surface area contributed by atoms with Crippen LogP contribution >= 0.6 is 0 Å². The number of guanidine groups is 1. The molecule has 1 aromatic carbocycles. The van der Waals surface area contributed by atoms with E-state index in [1.165, 1.54) is 12.1 Å². The molecule has 1 heterocycles. The third-order valence-electron chi connectivity index (χ3n) is 2.64. The molecule has 17 heavy (non-hydrogen) atoms. The number of nitrogens with zero attached hydrogens (tertiary/aromatic N) is 1. The summed E-state index contributed by atoms with van der Waals surface area (Å²) in [6, 6.07) is 3.91. The van der Waals surface area contributed by atoms with Gasteiger partial charge in [-0.15, -0.1) is 0 Å². The van der Waals surface area contributed by atoms with E-state index in [1.54, 1.807) is 13.0 Å². The lowest BCUT2D eigenvalue weighted by atomic mass is 10.0. The van der Waals surface area contributed by atoms with Crippen LogP contribution in [0.2, 0.25) is 0 Å². The van der Waals surface area contributed by atoms with E-state index < -0.39 is 6.04 Å². The van der Waals surface area contributed by atoms with E-state index in [1.807, 2.05) is 6.92 Å². The second kappa shape index (κ2) is 4.53. The highest BCUT2D eigenvalue weighted by Crippen LogP contribution is 2.21. The third kappa shape index (κ3) is 2.27. The Labute approximate surface area is 98.9 Å². The zero-order chi connectivity index (χ0) is 12.4. The molecule has 0 spiro atoms. The highest BCUT2D eigenvalue weighted by Gasteiger charge is 2.30. The molecule has 2 N–H and O–H groups in total. The second-order valence-corrected chi connectivity index (χ2v) is 3.89. The van der Waals surface area contributed by atoms with Gasteiger partial charge in [-0.1, -0.05) is 6.07 Å². The van der Waals surface area contributed by atoms with Crippen molar-refractivity contribution in [2.24, 2.45) is 4.99 Å². The van der Waals surface area contributed by atoms with E-state index in [4.69, 9.17) is 0 Å². The zero-order valence-corrected chi connectivity index (χ0v) is 9.75. The number of carbonyl (C=O) groups is 1. The molecule has 1 aliphatic rings. The molecular formula is C12H14FN3O. The van der Waals surface area contributed by atoms with Crippen LogP contribution in [0, 0.1) is 12.7 Å². The molecule has 1 aliphatic heterocycles. The first-order chi connectivity index (χ1) is 8.11. The molecular weight excluding hydrogens is 221 g/mol. The Morgan fingerprint density at radius 3 is 2.88 bits per heavy atom. The Kier molecular flexibility index (Phi) is 3.08. The van der Waals surface area contributed by atoms with Crippen LogP contribution in [0.4, 0.5) is 4.39 Å². The number of carbonyl (C=O) groups excluding carboxylic acids is 1. The summed E-state index contributed by atoms with van der Waals surface area (Å²) >= 11 is 0. The summed E-state index contributed by atoms with van der Waals surface area (Å²) in [4.78, 5) is 15.8. The molecule has 0 aromatic heterocycles. The molecule has 0 aliphatic carbocycles. The molecule has 4 nitrogen and oxygen atoms in total. The Hall–Kier alpha value is -1.91. The first-order valence-electron chi connectivity index (χ1n) is 5.49. The Balaban J connectivity index is 2.29. The van der Waals surface area contributed by atoms with E-state index >= 15 is 0 Å². The van der Waals surface area contributed by atoms with Gasteiger partial charge in [0.25, 0.3) is 5.91 Å². The van der Waals surface area contributed by atoms with E-state index in [-0.39, 0.29) is 11.7 Å². The highest BCUT2D eigenvalue weighted by atomic mass is 19.1. The molecule has 1 atom stereocenters. The van der Waals surface area contributed by atoms with Crippen LogP contribution in [-0.2, 0) is 4.79 Å². The summed E-state index contributed by atoms with van der Waals surface area (Å²) < 4.78 is 13.0. The zero-order valence-electron chi connectivity index (χ0n) is 9.75. The fourth-order valence-corrected chi connectivity index (χ4v) is 1.85. The molecule has 90 valence electrons. The summed E-state index contributed by atoms with van der Waals surface area (Å²) in [6.07, 6.45) is 0. The molecule has 1 fully saturated rings. The molecule has 0 bridgehead atoms. The van der Waals surface area contributed by atoms with Crippen LogP contribution in [-0.4, -0.2) is 18.4 Å². The minimum atomic E-state index is -0.485. The van der Waals surface area contributed by atoms with Crippen molar-refractivity contribution in [3.63, 3.8) is 0 Å². The van der Waals surface area contributed by atoms with Gasteiger partial charge in [-0.3, -0.25) is 15.1 Å². The molecule has 1 saturated heterocycles. The van der Waals surface area contributed by atoms with Crippen LogP contribution in [0.3, 0.4) is 0 Å². The van der Waals surface area contributed by atoms with Crippen LogP contribution in [0.5, 0.6) is 0 Å². The van der Waals surface area contributed by atoms with Crippen molar-refractivity contribution in [1.29, 1.82) is 0 Å². The van der Waals surface area contributed by atoms with Crippen LogP contribution < -0.4 is 10.6 Å². The summed E-state index contributed by atoms with van der Waals surface area (Å²) in [6.45, 7) is 4.26. The fraction of sp³-hybridized carbons (Fsp3) is 0.333. The minimum absolute atomic E-state index is 0.160. The number of halogens is 1. The number of benzene rings is 1.